The monoisotopic (exact) mass is 674 g/mol. The van der Waals surface area contributed by atoms with E-state index in [0.717, 1.165) is 32.1 Å². The molecular weight excluding hydrogens is 599 g/mol. The van der Waals surface area contributed by atoms with E-state index in [1.54, 1.807) is 6.08 Å². The van der Waals surface area contributed by atoms with E-state index in [0.29, 0.717) is 23.9 Å². The summed E-state index contributed by atoms with van der Waals surface area (Å²) < 4.78 is 23.4. The molecule has 0 aliphatic carbocycles. The highest BCUT2D eigenvalue weighted by molar-refractivity contribution is 7.47. The van der Waals surface area contributed by atoms with Crippen LogP contribution >= 0.6 is 7.82 Å². The summed E-state index contributed by atoms with van der Waals surface area (Å²) in [7, 11) is 1.55. The first-order chi connectivity index (χ1) is 22.0. The molecule has 272 valence electrons. The van der Waals surface area contributed by atoms with Gasteiger partial charge in [-0.1, -0.05) is 134 Å². The number of aliphatic hydroxyl groups excluding tert-OH is 1. The third-order valence-electron chi connectivity index (χ3n) is 8.17. The van der Waals surface area contributed by atoms with Gasteiger partial charge in [-0.15, -0.1) is 0 Å². The van der Waals surface area contributed by atoms with E-state index in [1.165, 1.54) is 96.3 Å². The Morgan fingerprint density at radius 2 is 1.17 bits per heavy atom. The van der Waals surface area contributed by atoms with Crippen LogP contribution in [0.3, 0.4) is 0 Å². The third kappa shape index (κ3) is 31.6. The molecule has 0 aliphatic rings. The molecule has 0 rings (SSSR count). The molecule has 0 bridgehead atoms. The molecule has 46 heavy (non-hydrogen) atoms. The van der Waals surface area contributed by atoms with Gasteiger partial charge in [-0.3, -0.25) is 13.8 Å². The minimum absolute atomic E-state index is 0.0575. The highest BCUT2D eigenvalue weighted by atomic mass is 31.2. The summed E-state index contributed by atoms with van der Waals surface area (Å²) in [6.07, 6.45) is 32.5. The van der Waals surface area contributed by atoms with Crippen molar-refractivity contribution in [1.82, 2.24) is 5.32 Å². The Kier molecular flexibility index (Phi) is 29.4. The predicted octanol–water partition coefficient (Wildman–Crippen LogP) is 9.41. The maximum Gasteiger partial charge on any atom is 0.472 e. The van der Waals surface area contributed by atoms with Crippen LogP contribution in [-0.4, -0.2) is 73.4 Å². The normalized spacial score (nSPS) is 15.0. The van der Waals surface area contributed by atoms with E-state index in [-0.39, 0.29) is 19.1 Å². The second-order valence-corrected chi connectivity index (χ2v) is 15.4. The summed E-state index contributed by atoms with van der Waals surface area (Å²) in [4.78, 5) is 22.9. The van der Waals surface area contributed by atoms with Crippen LogP contribution in [0.1, 0.15) is 155 Å². The van der Waals surface area contributed by atoms with Gasteiger partial charge >= 0.3 is 7.82 Å². The molecule has 9 heteroatoms. The predicted molar refractivity (Wildman–Crippen MR) is 194 cm³/mol. The lowest BCUT2D eigenvalue weighted by Crippen LogP contribution is -2.45. The molecule has 8 nitrogen and oxygen atoms in total. The maximum absolute atomic E-state index is 12.7. The molecule has 0 fully saturated rings. The van der Waals surface area contributed by atoms with Gasteiger partial charge in [0.15, 0.2) is 0 Å². The Bertz CT molecular complexity index is 814. The van der Waals surface area contributed by atoms with Crippen LogP contribution in [-0.2, 0) is 18.4 Å². The number of phosphoric acid groups is 1. The SMILES string of the molecule is CCCCCC/C=C\CCCC(=O)NC(COP(=O)(O)OCC[N+](C)(C)C)C(O)/C=C/CCCCCCCCCCCCCCC. The average Bonchev–Trinajstić information content (AvgIpc) is 2.99. The van der Waals surface area contributed by atoms with Gasteiger partial charge in [-0.2, -0.15) is 0 Å². The number of allylic oxidation sites excluding steroid dienone is 3. The van der Waals surface area contributed by atoms with Crippen molar-refractivity contribution in [3.05, 3.63) is 24.3 Å². The van der Waals surface area contributed by atoms with E-state index < -0.39 is 20.0 Å². The van der Waals surface area contributed by atoms with Crippen molar-refractivity contribution in [2.24, 2.45) is 0 Å². The first kappa shape index (κ1) is 45.0. The Morgan fingerprint density at radius 3 is 1.70 bits per heavy atom. The summed E-state index contributed by atoms with van der Waals surface area (Å²) in [5.74, 6) is -0.215. The molecule has 1 amide bonds. The number of hydrogen-bond donors (Lipinski definition) is 3. The number of amides is 1. The first-order valence-electron chi connectivity index (χ1n) is 18.7. The summed E-state index contributed by atoms with van der Waals surface area (Å²) in [5.41, 5.74) is 0. The van der Waals surface area contributed by atoms with Gasteiger partial charge in [0.05, 0.1) is 39.9 Å². The second kappa shape index (κ2) is 30.1. The molecule has 0 radical (unpaired) electrons. The molecule has 0 aromatic carbocycles. The second-order valence-electron chi connectivity index (χ2n) is 13.9. The molecule has 3 unspecified atom stereocenters. The first-order valence-corrected chi connectivity index (χ1v) is 20.2. The number of carbonyl (C=O) groups excluding carboxylic acids is 1. The van der Waals surface area contributed by atoms with Crippen molar-refractivity contribution in [1.29, 1.82) is 0 Å². The lowest BCUT2D eigenvalue weighted by atomic mass is 10.0. The average molecular weight is 674 g/mol. The van der Waals surface area contributed by atoms with Gasteiger partial charge < -0.3 is 19.8 Å². The Labute approximate surface area is 284 Å². The number of carbonyl (C=O) groups is 1. The number of nitrogens with zero attached hydrogens (tertiary/aromatic N) is 1. The number of nitrogens with one attached hydrogen (secondary N) is 1. The van der Waals surface area contributed by atoms with Gasteiger partial charge in [0.25, 0.3) is 0 Å². The summed E-state index contributed by atoms with van der Waals surface area (Å²) in [6.45, 7) is 4.73. The van der Waals surface area contributed by atoms with Crippen LogP contribution in [0.2, 0.25) is 0 Å². The van der Waals surface area contributed by atoms with Gasteiger partial charge in [-0.25, -0.2) is 4.57 Å². The quantitative estimate of drug-likeness (QED) is 0.0278. The smallest absolute Gasteiger partial charge is 0.387 e. The van der Waals surface area contributed by atoms with Crippen molar-refractivity contribution in [3.63, 3.8) is 0 Å². The van der Waals surface area contributed by atoms with Crippen LogP contribution in [0.25, 0.3) is 0 Å². The Morgan fingerprint density at radius 1 is 0.717 bits per heavy atom. The standard InChI is InChI=1S/C37H73N2O6P/c1-6-8-10-12-14-16-17-18-19-20-21-23-24-26-28-30-36(40)35(34-45-46(42,43)44-33-32-39(3,4)5)38-37(41)31-29-27-25-22-15-13-11-9-7-2/h22,25,28,30,35-36,40H,6-21,23-24,26-27,29,31-34H2,1-5H3,(H-,38,41,42,43)/p+1/b25-22-,30-28+. The summed E-state index contributed by atoms with van der Waals surface area (Å²) in [5, 5.41) is 13.7. The van der Waals surface area contributed by atoms with Crippen molar-refractivity contribution >= 4 is 13.7 Å². The van der Waals surface area contributed by atoms with Crippen molar-refractivity contribution in [3.8, 4) is 0 Å². The van der Waals surface area contributed by atoms with E-state index in [9.17, 15) is 19.4 Å². The molecule has 0 aliphatic heterocycles. The Hall–Kier alpha value is -1.02. The molecule has 0 saturated carbocycles. The van der Waals surface area contributed by atoms with Crippen molar-refractivity contribution in [2.45, 2.75) is 167 Å². The molecule has 0 spiro atoms. The van der Waals surface area contributed by atoms with Crippen LogP contribution in [0.15, 0.2) is 24.3 Å². The number of unbranched alkanes of at least 4 members (excludes halogenated alkanes) is 18. The number of rotatable bonds is 33. The number of aliphatic hydroxyl groups is 1. The van der Waals surface area contributed by atoms with E-state index in [2.05, 4.69) is 31.3 Å². The summed E-state index contributed by atoms with van der Waals surface area (Å²) in [6, 6.07) is -0.855. The van der Waals surface area contributed by atoms with Gasteiger partial charge in [-0.05, 0) is 38.5 Å². The molecule has 0 aromatic rings. The number of likely N-dealkylation sites (N-methyl/N-ethyl adjacent to an activating group) is 1. The lowest BCUT2D eigenvalue weighted by Gasteiger charge is -2.25. The highest BCUT2D eigenvalue weighted by Crippen LogP contribution is 2.43. The molecule has 0 saturated heterocycles. The highest BCUT2D eigenvalue weighted by Gasteiger charge is 2.27. The fourth-order valence-electron chi connectivity index (χ4n) is 5.10. The maximum atomic E-state index is 12.7. The zero-order valence-electron chi connectivity index (χ0n) is 30.6. The zero-order valence-corrected chi connectivity index (χ0v) is 31.5. The van der Waals surface area contributed by atoms with Crippen LogP contribution in [0, 0.1) is 0 Å². The van der Waals surface area contributed by atoms with Gasteiger partial charge in [0.2, 0.25) is 5.91 Å². The van der Waals surface area contributed by atoms with Crippen LogP contribution in [0.5, 0.6) is 0 Å². The fraction of sp³-hybridized carbons (Fsp3) is 0.865. The minimum atomic E-state index is -4.33. The third-order valence-corrected chi connectivity index (χ3v) is 9.15. The number of hydrogen-bond acceptors (Lipinski definition) is 5. The molecule has 3 N–H and O–H groups in total. The molecule has 3 atom stereocenters. The summed E-state index contributed by atoms with van der Waals surface area (Å²) >= 11 is 0. The minimum Gasteiger partial charge on any atom is -0.387 e. The molecule has 0 heterocycles. The van der Waals surface area contributed by atoms with E-state index in [1.807, 2.05) is 27.2 Å². The van der Waals surface area contributed by atoms with Crippen LogP contribution in [0.4, 0.5) is 0 Å². The van der Waals surface area contributed by atoms with Gasteiger partial charge in [0.1, 0.15) is 13.2 Å². The van der Waals surface area contributed by atoms with Crippen molar-refractivity contribution < 1.29 is 32.9 Å². The molecule has 0 aromatic heterocycles. The largest absolute Gasteiger partial charge is 0.472 e. The topological polar surface area (TPSA) is 105 Å². The molecular formula is C37H74N2O6P+. The van der Waals surface area contributed by atoms with Gasteiger partial charge in [0, 0.05) is 6.42 Å². The number of quaternary nitrogens is 1. The number of phosphoric ester groups is 1. The van der Waals surface area contributed by atoms with E-state index >= 15 is 0 Å². The van der Waals surface area contributed by atoms with E-state index in [4.69, 9.17) is 9.05 Å². The lowest BCUT2D eigenvalue weighted by molar-refractivity contribution is -0.870. The van der Waals surface area contributed by atoms with Crippen molar-refractivity contribution in [2.75, 3.05) is 40.9 Å². The Balaban J connectivity index is 4.56. The van der Waals surface area contributed by atoms with Crippen LogP contribution < -0.4 is 5.32 Å². The zero-order chi connectivity index (χ0) is 34.4. The fourth-order valence-corrected chi connectivity index (χ4v) is 5.84.